The van der Waals surface area contributed by atoms with Crippen molar-refractivity contribution in [3.05, 3.63) is 124 Å². The first kappa shape index (κ1) is 31.1. The van der Waals surface area contributed by atoms with Gasteiger partial charge in [-0.15, -0.1) is 0 Å². The van der Waals surface area contributed by atoms with E-state index in [-0.39, 0.29) is 5.41 Å². The highest BCUT2D eigenvalue weighted by atomic mass is 35.5. The molecule has 1 aliphatic carbocycles. The normalized spacial score (nSPS) is 13.7. The van der Waals surface area contributed by atoms with E-state index in [1.165, 1.54) is 16.7 Å². The highest BCUT2D eigenvalue weighted by Gasteiger charge is 2.45. The van der Waals surface area contributed by atoms with Gasteiger partial charge in [0.1, 0.15) is 5.75 Å². The van der Waals surface area contributed by atoms with Crippen LogP contribution in [0.3, 0.4) is 0 Å². The van der Waals surface area contributed by atoms with Crippen LogP contribution in [0.4, 0.5) is 0 Å². The summed E-state index contributed by atoms with van der Waals surface area (Å²) < 4.78 is 5.63. The standard InChI is InChI=1S/C35H43ClN6O/c1-43-34-13-12-30(36)22-33(34)35(14-15-35)27-39-23-28-8-10-29(11-9-28)26-42(20-18-37-24-31-6-2-4-16-40-31)21-19-38-25-32-7-3-5-17-41-32/h2-13,16-17,22,37-39H,14-15,18-21,23-27H2,1H3. The number of aromatic nitrogens is 2. The average molecular weight is 599 g/mol. The zero-order valence-electron chi connectivity index (χ0n) is 25.1. The smallest absolute Gasteiger partial charge is 0.122 e. The summed E-state index contributed by atoms with van der Waals surface area (Å²) in [6, 6.07) is 27.0. The van der Waals surface area contributed by atoms with Crippen LogP contribution < -0.4 is 20.7 Å². The second-order valence-electron chi connectivity index (χ2n) is 11.3. The summed E-state index contributed by atoms with van der Waals surface area (Å²) in [5.41, 5.74) is 6.07. The van der Waals surface area contributed by atoms with E-state index in [0.717, 1.165) is 93.9 Å². The topological polar surface area (TPSA) is 74.3 Å². The summed E-state index contributed by atoms with van der Waals surface area (Å²) in [5, 5.41) is 11.6. The molecule has 0 amide bonds. The number of pyridine rings is 2. The first-order chi connectivity index (χ1) is 21.1. The number of hydrogen-bond donors (Lipinski definition) is 3. The highest BCUT2D eigenvalue weighted by Crippen LogP contribution is 2.51. The summed E-state index contributed by atoms with van der Waals surface area (Å²) in [7, 11) is 1.73. The van der Waals surface area contributed by atoms with Crippen molar-refractivity contribution >= 4 is 11.6 Å². The number of rotatable bonds is 18. The maximum atomic E-state index is 6.32. The molecule has 0 atom stereocenters. The van der Waals surface area contributed by atoms with E-state index in [0.29, 0.717) is 0 Å². The zero-order chi connectivity index (χ0) is 29.7. The van der Waals surface area contributed by atoms with Gasteiger partial charge in [0.2, 0.25) is 0 Å². The molecule has 4 aromatic rings. The number of nitrogens with zero attached hydrogens (tertiary/aromatic N) is 3. The van der Waals surface area contributed by atoms with Crippen molar-refractivity contribution in [2.75, 3.05) is 39.8 Å². The van der Waals surface area contributed by atoms with Crippen LogP contribution in [-0.4, -0.2) is 54.7 Å². The quantitative estimate of drug-likeness (QED) is 0.134. The van der Waals surface area contributed by atoms with Crippen LogP contribution in [-0.2, 0) is 31.6 Å². The molecular formula is C35H43ClN6O. The fourth-order valence-corrected chi connectivity index (χ4v) is 5.61. The van der Waals surface area contributed by atoms with Crippen LogP contribution in [0.5, 0.6) is 5.75 Å². The molecule has 1 saturated carbocycles. The Kier molecular flexibility index (Phi) is 11.5. The lowest BCUT2D eigenvalue weighted by atomic mass is 9.94. The lowest BCUT2D eigenvalue weighted by Gasteiger charge is -2.23. The minimum Gasteiger partial charge on any atom is -0.496 e. The van der Waals surface area contributed by atoms with Gasteiger partial charge < -0.3 is 20.7 Å². The van der Waals surface area contributed by atoms with Gasteiger partial charge in [0.25, 0.3) is 0 Å². The number of benzene rings is 2. The van der Waals surface area contributed by atoms with E-state index in [9.17, 15) is 0 Å². The van der Waals surface area contributed by atoms with Crippen molar-refractivity contribution in [3.63, 3.8) is 0 Å². The minimum absolute atomic E-state index is 0.117. The van der Waals surface area contributed by atoms with E-state index >= 15 is 0 Å². The molecule has 226 valence electrons. The molecule has 2 heterocycles. The number of hydrogen-bond acceptors (Lipinski definition) is 7. The molecular weight excluding hydrogens is 556 g/mol. The van der Waals surface area contributed by atoms with Crippen LogP contribution in [0.25, 0.3) is 0 Å². The number of methoxy groups -OCH3 is 1. The maximum Gasteiger partial charge on any atom is 0.122 e. The largest absolute Gasteiger partial charge is 0.496 e. The Morgan fingerprint density at radius 1 is 0.767 bits per heavy atom. The molecule has 2 aromatic carbocycles. The Balaban J connectivity index is 1.10. The fourth-order valence-electron chi connectivity index (χ4n) is 5.44. The lowest BCUT2D eigenvalue weighted by molar-refractivity contribution is 0.263. The van der Waals surface area contributed by atoms with E-state index < -0.39 is 0 Å². The van der Waals surface area contributed by atoms with Crippen LogP contribution >= 0.6 is 11.6 Å². The molecule has 0 unspecified atom stereocenters. The average Bonchev–Trinajstić information content (AvgIpc) is 3.84. The molecule has 7 nitrogen and oxygen atoms in total. The Bertz CT molecular complexity index is 1340. The molecule has 0 saturated heterocycles. The van der Waals surface area contributed by atoms with Crippen molar-refractivity contribution in [2.24, 2.45) is 0 Å². The lowest BCUT2D eigenvalue weighted by Crippen LogP contribution is -2.36. The highest BCUT2D eigenvalue weighted by molar-refractivity contribution is 6.30. The van der Waals surface area contributed by atoms with E-state index in [1.54, 1.807) is 7.11 Å². The van der Waals surface area contributed by atoms with E-state index in [2.05, 4.69) is 73.3 Å². The van der Waals surface area contributed by atoms with Crippen molar-refractivity contribution in [1.82, 2.24) is 30.8 Å². The summed E-state index contributed by atoms with van der Waals surface area (Å²) >= 11 is 6.32. The van der Waals surface area contributed by atoms with E-state index in [1.807, 2.05) is 48.8 Å². The molecule has 0 aliphatic heterocycles. The third kappa shape index (κ3) is 9.58. The Hall–Kier alpha value is -3.33. The third-order valence-corrected chi connectivity index (χ3v) is 8.32. The molecule has 3 N–H and O–H groups in total. The first-order valence-corrected chi connectivity index (χ1v) is 15.6. The summed E-state index contributed by atoms with van der Waals surface area (Å²) in [5.74, 6) is 0.927. The second-order valence-corrected chi connectivity index (χ2v) is 11.8. The molecule has 5 rings (SSSR count). The van der Waals surface area contributed by atoms with Gasteiger partial charge in [0.15, 0.2) is 0 Å². The Labute approximate surface area is 261 Å². The van der Waals surface area contributed by atoms with Gasteiger partial charge in [-0.2, -0.15) is 0 Å². The van der Waals surface area contributed by atoms with Crippen LogP contribution in [0.1, 0.15) is 40.9 Å². The molecule has 0 radical (unpaired) electrons. The molecule has 0 bridgehead atoms. The van der Waals surface area contributed by atoms with Crippen molar-refractivity contribution in [1.29, 1.82) is 0 Å². The van der Waals surface area contributed by atoms with E-state index in [4.69, 9.17) is 16.3 Å². The zero-order valence-corrected chi connectivity index (χ0v) is 25.8. The summed E-state index contributed by atoms with van der Waals surface area (Å²) in [6.07, 6.45) is 5.99. The molecule has 8 heteroatoms. The number of nitrogens with one attached hydrogen (secondary N) is 3. The Morgan fingerprint density at radius 2 is 1.40 bits per heavy atom. The van der Waals surface area contributed by atoms with Gasteiger partial charge in [-0.3, -0.25) is 14.9 Å². The van der Waals surface area contributed by atoms with Crippen molar-refractivity contribution in [2.45, 2.75) is 44.4 Å². The minimum atomic E-state index is 0.117. The number of halogens is 1. The van der Waals surface area contributed by atoms with Gasteiger partial charge in [0.05, 0.1) is 18.5 Å². The van der Waals surface area contributed by atoms with Crippen LogP contribution in [0, 0.1) is 0 Å². The van der Waals surface area contributed by atoms with Gasteiger partial charge >= 0.3 is 0 Å². The van der Waals surface area contributed by atoms with Crippen molar-refractivity contribution in [3.8, 4) is 5.75 Å². The SMILES string of the molecule is COc1ccc(Cl)cc1C1(CNCc2ccc(CN(CCNCc3ccccn3)CCNCc3ccccn3)cc2)CC1. The third-order valence-electron chi connectivity index (χ3n) is 8.08. The molecule has 1 aliphatic rings. The fraction of sp³-hybridized carbons (Fsp3) is 0.371. The van der Waals surface area contributed by atoms with Crippen molar-refractivity contribution < 1.29 is 4.74 Å². The predicted molar refractivity (Wildman–Crippen MR) is 174 cm³/mol. The van der Waals surface area contributed by atoms with Gasteiger partial charge in [-0.25, -0.2) is 0 Å². The van der Waals surface area contributed by atoms with Gasteiger partial charge in [-0.05, 0) is 66.4 Å². The van der Waals surface area contributed by atoms with Gasteiger partial charge in [-0.1, -0.05) is 48.0 Å². The summed E-state index contributed by atoms with van der Waals surface area (Å²) in [4.78, 5) is 11.3. The maximum absolute atomic E-state index is 6.32. The predicted octanol–water partition coefficient (Wildman–Crippen LogP) is 5.34. The second kappa shape index (κ2) is 15.9. The first-order valence-electron chi connectivity index (χ1n) is 15.2. The van der Waals surface area contributed by atoms with Crippen LogP contribution in [0.2, 0.25) is 5.02 Å². The molecule has 2 aromatic heterocycles. The van der Waals surface area contributed by atoms with Crippen LogP contribution in [0.15, 0.2) is 91.3 Å². The number of ether oxygens (including phenoxy) is 1. The van der Waals surface area contributed by atoms with Gasteiger partial charge in [0, 0.05) is 87.3 Å². The molecule has 0 spiro atoms. The monoisotopic (exact) mass is 598 g/mol. The Morgan fingerprint density at radius 3 is 1.95 bits per heavy atom. The molecule has 43 heavy (non-hydrogen) atoms. The summed E-state index contributed by atoms with van der Waals surface area (Å²) in [6.45, 7) is 7.92. The molecule has 1 fully saturated rings.